The number of benzene rings is 2. The van der Waals surface area contributed by atoms with E-state index in [2.05, 4.69) is 20.3 Å². The normalized spacial score (nSPS) is 12.2. The first-order valence-electron chi connectivity index (χ1n) is 7.82. The van der Waals surface area contributed by atoms with Gasteiger partial charge in [0.25, 0.3) is 0 Å². The maximum atomic E-state index is 12.2. The Hall–Kier alpha value is -3.00. The predicted octanol–water partition coefficient (Wildman–Crippen LogP) is 4.29. The predicted molar refractivity (Wildman–Crippen MR) is 89.3 cm³/mol. The zero-order valence-corrected chi connectivity index (χ0v) is 13.7. The first-order chi connectivity index (χ1) is 12.4. The summed E-state index contributed by atoms with van der Waals surface area (Å²) in [6.07, 6.45) is -4.64. The zero-order chi connectivity index (χ0) is 18.3. The summed E-state index contributed by atoms with van der Waals surface area (Å²) in [5, 5.41) is 12.9. The van der Waals surface area contributed by atoms with E-state index < -0.39 is 13.0 Å². The van der Waals surface area contributed by atoms with Gasteiger partial charge >= 0.3 is 6.36 Å². The van der Waals surface area contributed by atoms with Crippen molar-refractivity contribution in [3.63, 3.8) is 0 Å². The highest BCUT2D eigenvalue weighted by atomic mass is 19.4. The van der Waals surface area contributed by atoms with Gasteiger partial charge < -0.3 is 0 Å². The summed E-state index contributed by atoms with van der Waals surface area (Å²) in [6.45, 7) is 1.47. The number of aryl methyl sites for hydroxylation is 1. The van der Waals surface area contributed by atoms with Crippen LogP contribution in [0, 0.1) is 6.92 Å². The first kappa shape index (κ1) is 16.5. The van der Waals surface area contributed by atoms with Gasteiger partial charge in [0.2, 0.25) is 0 Å². The molecule has 0 amide bonds. The van der Waals surface area contributed by atoms with Gasteiger partial charge in [-0.1, -0.05) is 36.4 Å². The number of aromatic nitrogens is 4. The minimum Gasteiger partial charge on any atom is -0.287 e. The number of hydrogen-bond acceptors (Lipinski definition) is 4. The van der Waals surface area contributed by atoms with Crippen molar-refractivity contribution in [2.45, 2.75) is 19.9 Å². The van der Waals surface area contributed by atoms with Crippen LogP contribution in [-0.4, -0.2) is 26.4 Å². The summed E-state index contributed by atoms with van der Waals surface area (Å²) in [5.41, 5.74) is 4.61. The van der Waals surface area contributed by atoms with E-state index in [1.807, 2.05) is 31.2 Å². The largest absolute Gasteiger partial charge is 0.522 e. The molecule has 0 fully saturated rings. The Balaban J connectivity index is 1.76. The lowest BCUT2D eigenvalue weighted by Gasteiger charge is -2.09. The number of hydrogen-bond donors (Lipinski definition) is 0. The average molecular weight is 358 g/mol. The molecule has 0 spiro atoms. The third-order valence-corrected chi connectivity index (χ3v) is 4.09. The molecule has 4 aromatic rings. The average Bonchev–Trinajstić information content (AvgIpc) is 3.09. The van der Waals surface area contributed by atoms with Gasteiger partial charge in [-0.2, -0.15) is 4.52 Å². The molecule has 0 saturated carbocycles. The lowest BCUT2D eigenvalue weighted by molar-refractivity contribution is -0.330. The highest BCUT2D eigenvalue weighted by Crippen LogP contribution is 2.29. The van der Waals surface area contributed by atoms with Crippen LogP contribution >= 0.6 is 0 Å². The molecule has 2 aromatic carbocycles. The summed E-state index contributed by atoms with van der Waals surface area (Å²) in [6, 6.07) is 14.6. The Kier molecular flexibility index (Phi) is 3.84. The number of rotatable bonds is 3. The van der Waals surface area contributed by atoms with Crippen molar-refractivity contribution >= 4 is 16.6 Å². The van der Waals surface area contributed by atoms with Crippen molar-refractivity contribution in [3.05, 3.63) is 59.7 Å². The molecule has 0 aliphatic rings. The van der Waals surface area contributed by atoms with Crippen molar-refractivity contribution < 1.29 is 17.9 Å². The topological polar surface area (TPSA) is 52.3 Å². The fourth-order valence-electron chi connectivity index (χ4n) is 2.85. The van der Waals surface area contributed by atoms with Gasteiger partial charge in [0.05, 0.1) is 12.1 Å². The summed E-state index contributed by atoms with van der Waals surface area (Å²) in [7, 11) is 0. The number of fused-ring (bicyclic) bond motifs is 3. The summed E-state index contributed by atoms with van der Waals surface area (Å²) in [5.74, 6) is 0. The van der Waals surface area contributed by atoms with E-state index in [1.165, 1.54) is 0 Å². The molecular weight excluding hydrogens is 345 g/mol. The third kappa shape index (κ3) is 3.11. The Labute approximate surface area is 146 Å². The highest BCUT2D eigenvalue weighted by Gasteiger charge is 2.28. The first-order valence-corrected chi connectivity index (χ1v) is 7.82. The molecule has 0 radical (unpaired) electrons. The lowest BCUT2D eigenvalue weighted by atomic mass is 10.0. The number of pyridine rings is 1. The molecule has 26 heavy (non-hydrogen) atoms. The number of nitrogens with zero attached hydrogens (tertiary/aromatic N) is 4. The van der Waals surface area contributed by atoms with Crippen molar-refractivity contribution in [2.75, 3.05) is 0 Å². The van der Waals surface area contributed by atoms with Gasteiger partial charge in [0.15, 0.2) is 5.65 Å². The maximum Gasteiger partial charge on any atom is 0.522 e. The van der Waals surface area contributed by atoms with Crippen LogP contribution in [0.5, 0.6) is 0 Å². The molecule has 0 bridgehead atoms. The molecular formula is C18H13F3N4O. The molecule has 0 aliphatic heterocycles. The van der Waals surface area contributed by atoms with Gasteiger partial charge in [0.1, 0.15) is 0 Å². The molecule has 0 saturated heterocycles. The maximum absolute atomic E-state index is 12.2. The molecule has 0 aliphatic carbocycles. The van der Waals surface area contributed by atoms with Crippen LogP contribution in [0.4, 0.5) is 13.2 Å². The number of halogens is 3. The fourth-order valence-corrected chi connectivity index (χ4v) is 2.85. The van der Waals surface area contributed by atoms with Crippen LogP contribution in [0.2, 0.25) is 0 Å². The lowest BCUT2D eigenvalue weighted by Crippen LogP contribution is -2.12. The Morgan fingerprint density at radius 2 is 1.81 bits per heavy atom. The SMILES string of the molecule is Cc1ccc2cc(-c3ccc(COC(F)(F)F)cc3)c3nnnn3c2c1. The molecule has 2 heterocycles. The van der Waals surface area contributed by atoms with E-state index in [4.69, 9.17) is 0 Å². The van der Waals surface area contributed by atoms with Gasteiger partial charge in [-0.3, -0.25) is 4.74 Å². The van der Waals surface area contributed by atoms with Crippen molar-refractivity contribution in [1.29, 1.82) is 0 Å². The second-order valence-corrected chi connectivity index (χ2v) is 5.97. The second-order valence-electron chi connectivity index (χ2n) is 5.97. The molecule has 8 heteroatoms. The van der Waals surface area contributed by atoms with E-state index in [9.17, 15) is 13.2 Å². The number of tetrazole rings is 1. The monoisotopic (exact) mass is 358 g/mol. The smallest absolute Gasteiger partial charge is 0.287 e. The van der Waals surface area contributed by atoms with Crippen LogP contribution in [0.15, 0.2) is 48.5 Å². The molecule has 0 unspecified atom stereocenters. The van der Waals surface area contributed by atoms with Crippen molar-refractivity contribution in [3.8, 4) is 11.1 Å². The van der Waals surface area contributed by atoms with Crippen LogP contribution in [0.25, 0.3) is 27.7 Å². The molecule has 5 nitrogen and oxygen atoms in total. The van der Waals surface area contributed by atoms with Crippen molar-refractivity contribution in [1.82, 2.24) is 20.0 Å². The van der Waals surface area contributed by atoms with Crippen LogP contribution in [0.1, 0.15) is 11.1 Å². The van der Waals surface area contributed by atoms with E-state index in [-0.39, 0.29) is 0 Å². The van der Waals surface area contributed by atoms with Crippen LogP contribution < -0.4 is 0 Å². The van der Waals surface area contributed by atoms with Crippen molar-refractivity contribution in [2.24, 2.45) is 0 Å². The quantitative estimate of drug-likeness (QED) is 0.548. The second kappa shape index (κ2) is 6.06. The molecule has 2 aromatic heterocycles. The van der Waals surface area contributed by atoms with E-state index in [0.29, 0.717) is 11.2 Å². The Morgan fingerprint density at radius 1 is 1.04 bits per heavy atom. The minimum atomic E-state index is -4.64. The van der Waals surface area contributed by atoms with Crippen LogP contribution in [0.3, 0.4) is 0 Å². The molecule has 132 valence electrons. The number of alkyl halides is 3. The summed E-state index contributed by atoms with van der Waals surface area (Å²) in [4.78, 5) is 0. The molecule has 0 atom stereocenters. The zero-order valence-electron chi connectivity index (χ0n) is 13.7. The molecule has 4 rings (SSSR count). The third-order valence-electron chi connectivity index (χ3n) is 4.09. The van der Waals surface area contributed by atoms with E-state index in [1.54, 1.807) is 28.8 Å². The minimum absolute atomic E-state index is 0.429. The number of ether oxygens (including phenoxy) is 1. The standard InChI is InChI=1S/C18H13F3N4O/c1-11-2-5-14-9-15(17-22-23-24-25(17)16(14)8-11)13-6-3-12(4-7-13)10-26-18(19,20)21/h2-9H,10H2,1H3. The van der Waals surface area contributed by atoms with Gasteiger partial charge in [-0.25, -0.2) is 0 Å². The summed E-state index contributed by atoms with van der Waals surface area (Å²) >= 11 is 0. The molecule has 0 N–H and O–H groups in total. The Morgan fingerprint density at radius 3 is 2.54 bits per heavy atom. The Bertz CT molecular complexity index is 1090. The van der Waals surface area contributed by atoms with Gasteiger partial charge in [0, 0.05) is 10.9 Å². The van der Waals surface area contributed by atoms with E-state index in [0.717, 1.165) is 27.6 Å². The fraction of sp³-hybridized carbons (Fsp3) is 0.167. The summed E-state index contributed by atoms with van der Waals surface area (Å²) < 4.78 is 42.0. The van der Waals surface area contributed by atoms with E-state index >= 15 is 0 Å². The van der Waals surface area contributed by atoms with Crippen LogP contribution in [-0.2, 0) is 11.3 Å². The van der Waals surface area contributed by atoms with Gasteiger partial charge in [-0.05, 0) is 46.2 Å². The highest BCUT2D eigenvalue weighted by molar-refractivity contribution is 5.91. The van der Waals surface area contributed by atoms with Gasteiger partial charge in [-0.15, -0.1) is 18.3 Å².